The topological polar surface area (TPSA) is 96.7 Å². The van der Waals surface area contributed by atoms with Crippen LogP contribution in [0, 0.1) is 6.92 Å². The van der Waals surface area contributed by atoms with Crippen molar-refractivity contribution in [3.63, 3.8) is 0 Å². The molecule has 0 bridgehead atoms. The summed E-state index contributed by atoms with van der Waals surface area (Å²) >= 11 is 0. The second kappa shape index (κ2) is 9.33. The molecule has 8 heteroatoms. The largest absolute Gasteiger partial charge is 0.394 e. The Balaban J connectivity index is 1.50. The van der Waals surface area contributed by atoms with Gasteiger partial charge in [0.15, 0.2) is 0 Å². The molecule has 8 nitrogen and oxygen atoms in total. The lowest BCUT2D eigenvalue weighted by Gasteiger charge is -2.40. The molecule has 2 aromatic carbocycles. The first-order chi connectivity index (χ1) is 15.5. The fraction of sp³-hybridized carbons (Fsp3) is 0.292. The van der Waals surface area contributed by atoms with Crippen molar-refractivity contribution in [3.05, 3.63) is 83.4 Å². The summed E-state index contributed by atoms with van der Waals surface area (Å²) < 4.78 is 7.65. The molecule has 32 heavy (non-hydrogen) atoms. The molecule has 1 fully saturated rings. The van der Waals surface area contributed by atoms with Gasteiger partial charge in [0, 0.05) is 30.7 Å². The minimum absolute atomic E-state index is 0.0721. The first kappa shape index (κ1) is 21.7. The van der Waals surface area contributed by atoms with Crippen molar-refractivity contribution in [2.45, 2.75) is 25.6 Å². The SMILES string of the molecule is Cc1ccccc1C(=O)Nc1ccc([C@H]2OCC(=O)N(Cc3nccn3C)[C@@H]2CO)cc1. The third-order valence-electron chi connectivity index (χ3n) is 5.76. The maximum Gasteiger partial charge on any atom is 0.255 e. The number of anilines is 1. The molecule has 2 amide bonds. The molecule has 0 radical (unpaired) electrons. The first-order valence-corrected chi connectivity index (χ1v) is 10.4. The molecule has 3 aromatic rings. The first-order valence-electron chi connectivity index (χ1n) is 10.4. The van der Waals surface area contributed by atoms with E-state index in [1.54, 1.807) is 29.3 Å². The molecular weight excluding hydrogens is 408 g/mol. The number of aliphatic hydroxyl groups excluding tert-OH is 1. The fourth-order valence-corrected chi connectivity index (χ4v) is 3.90. The number of imidazole rings is 1. The van der Waals surface area contributed by atoms with Gasteiger partial charge in [-0.1, -0.05) is 30.3 Å². The molecule has 2 heterocycles. The number of aliphatic hydroxyl groups is 1. The van der Waals surface area contributed by atoms with Gasteiger partial charge in [-0.25, -0.2) is 4.98 Å². The Morgan fingerprint density at radius 1 is 1.22 bits per heavy atom. The Morgan fingerprint density at radius 3 is 2.62 bits per heavy atom. The number of rotatable bonds is 6. The van der Waals surface area contributed by atoms with E-state index in [0.717, 1.165) is 17.0 Å². The van der Waals surface area contributed by atoms with E-state index in [2.05, 4.69) is 10.3 Å². The van der Waals surface area contributed by atoms with Gasteiger partial charge < -0.3 is 24.6 Å². The summed E-state index contributed by atoms with van der Waals surface area (Å²) in [5.74, 6) is 0.363. The summed E-state index contributed by atoms with van der Waals surface area (Å²) in [5, 5.41) is 13.0. The Morgan fingerprint density at radius 2 is 1.97 bits per heavy atom. The maximum atomic E-state index is 12.6. The molecule has 2 atom stereocenters. The van der Waals surface area contributed by atoms with E-state index in [9.17, 15) is 14.7 Å². The Hall–Kier alpha value is -3.49. The van der Waals surface area contributed by atoms with E-state index in [0.29, 0.717) is 11.3 Å². The van der Waals surface area contributed by atoms with Gasteiger partial charge in [0.1, 0.15) is 18.5 Å². The number of aromatic nitrogens is 2. The van der Waals surface area contributed by atoms with Crippen molar-refractivity contribution in [2.24, 2.45) is 7.05 Å². The monoisotopic (exact) mass is 434 g/mol. The lowest BCUT2D eigenvalue weighted by atomic mass is 9.99. The van der Waals surface area contributed by atoms with E-state index >= 15 is 0 Å². The summed E-state index contributed by atoms with van der Waals surface area (Å²) in [6.07, 6.45) is 3.00. The van der Waals surface area contributed by atoms with Gasteiger partial charge in [0.05, 0.1) is 19.2 Å². The van der Waals surface area contributed by atoms with Crippen LogP contribution in [-0.4, -0.2) is 50.6 Å². The molecule has 166 valence electrons. The van der Waals surface area contributed by atoms with Crippen LogP contribution in [0.3, 0.4) is 0 Å². The summed E-state index contributed by atoms with van der Waals surface area (Å²) in [6.45, 7) is 1.87. The number of amides is 2. The third kappa shape index (κ3) is 4.42. The van der Waals surface area contributed by atoms with Crippen molar-refractivity contribution < 1.29 is 19.4 Å². The average Bonchev–Trinajstić information content (AvgIpc) is 3.20. The van der Waals surface area contributed by atoms with E-state index in [1.807, 2.05) is 55.1 Å². The van der Waals surface area contributed by atoms with Crippen molar-refractivity contribution in [1.29, 1.82) is 0 Å². The van der Waals surface area contributed by atoms with Crippen LogP contribution in [0.5, 0.6) is 0 Å². The smallest absolute Gasteiger partial charge is 0.255 e. The number of carbonyl (C=O) groups excluding carboxylic acids is 2. The third-order valence-corrected chi connectivity index (χ3v) is 5.76. The zero-order chi connectivity index (χ0) is 22.7. The molecule has 1 aliphatic rings. The summed E-state index contributed by atoms with van der Waals surface area (Å²) in [5.41, 5.74) is 2.99. The maximum absolute atomic E-state index is 12.6. The molecule has 1 aromatic heterocycles. The highest BCUT2D eigenvalue weighted by molar-refractivity contribution is 6.05. The molecule has 0 spiro atoms. The Kier molecular flexibility index (Phi) is 6.34. The lowest BCUT2D eigenvalue weighted by Crippen LogP contribution is -2.52. The molecule has 0 aliphatic carbocycles. The summed E-state index contributed by atoms with van der Waals surface area (Å²) in [6, 6.07) is 14.1. The average molecular weight is 434 g/mol. The number of nitrogens with one attached hydrogen (secondary N) is 1. The molecule has 1 saturated heterocycles. The van der Waals surface area contributed by atoms with Gasteiger partial charge in [0.25, 0.3) is 5.91 Å². The Labute approximate surface area is 186 Å². The van der Waals surface area contributed by atoms with E-state index < -0.39 is 12.1 Å². The van der Waals surface area contributed by atoms with E-state index in [-0.39, 0.29) is 31.6 Å². The zero-order valence-electron chi connectivity index (χ0n) is 18.1. The lowest BCUT2D eigenvalue weighted by molar-refractivity contribution is -0.162. The van der Waals surface area contributed by atoms with E-state index in [4.69, 9.17) is 4.74 Å². The molecule has 0 saturated carbocycles. The predicted octanol–water partition coefficient (Wildman–Crippen LogP) is 2.44. The molecule has 4 rings (SSSR count). The van der Waals surface area contributed by atoms with Crippen LogP contribution in [0.15, 0.2) is 60.9 Å². The second-order valence-corrected chi connectivity index (χ2v) is 7.85. The van der Waals surface area contributed by atoms with Gasteiger partial charge in [-0.3, -0.25) is 9.59 Å². The van der Waals surface area contributed by atoms with Gasteiger partial charge in [-0.15, -0.1) is 0 Å². The van der Waals surface area contributed by atoms with Gasteiger partial charge in [-0.05, 0) is 36.2 Å². The number of carbonyl (C=O) groups is 2. The molecule has 1 aliphatic heterocycles. The highest BCUT2D eigenvalue weighted by Gasteiger charge is 2.37. The van der Waals surface area contributed by atoms with Crippen LogP contribution < -0.4 is 5.32 Å². The predicted molar refractivity (Wildman–Crippen MR) is 119 cm³/mol. The van der Waals surface area contributed by atoms with Gasteiger partial charge in [0.2, 0.25) is 5.91 Å². The number of hydrogen-bond donors (Lipinski definition) is 2. The number of ether oxygens (including phenoxy) is 1. The van der Waals surface area contributed by atoms with E-state index in [1.165, 1.54) is 0 Å². The highest BCUT2D eigenvalue weighted by atomic mass is 16.5. The number of benzene rings is 2. The molecular formula is C24H26N4O4. The van der Waals surface area contributed by atoms with Crippen molar-refractivity contribution in [2.75, 3.05) is 18.5 Å². The number of morpholine rings is 1. The van der Waals surface area contributed by atoms with Crippen LogP contribution in [0.2, 0.25) is 0 Å². The highest BCUT2D eigenvalue weighted by Crippen LogP contribution is 2.30. The minimum atomic E-state index is -0.541. The van der Waals surface area contributed by atoms with Crippen LogP contribution in [0.1, 0.15) is 33.4 Å². The number of hydrogen-bond acceptors (Lipinski definition) is 5. The van der Waals surface area contributed by atoms with Crippen LogP contribution >= 0.6 is 0 Å². The normalized spacial score (nSPS) is 18.6. The van der Waals surface area contributed by atoms with Crippen LogP contribution in [-0.2, 0) is 23.1 Å². The second-order valence-electron chi connectivity index (χ2n) is 7.85. The van der Waals surface area contributed by atoms with Gasteiger partial charge >= 0.3 is 0 Å². The zero-order valence-corrected chi connectivity index (χ0v) is 18.1. The fourth-order valence-electron chi connectivity index (χ4n) is 3.90. The van der Waals surface area contributed by atoms with Crippen molar-refractivity contribution >= 4 is 17.5 Å². The Bertz CT molecular complexity index is 1110. The van der Waals surface area contributed by atoms with Crippen LogP contribution in [0.4, 0.5) is 5.69 Å². The summed E-state index contributed by atoms with van der Waals surface area (Å²) in [4.78, 5) is 31.0. The molecule has 0 unspecified atom stereocenters. The summed E-state index contributed by atoms with van der Waals surface area (Å²) in [7, 11) is 1.86. The minimum Gasteiger partial charge on any atom is -0.394 e. The van der Waals surface area contributed by atoms with Crippen molar-refractivity contribution in [3.8, 4) is 0 Å². The standard InChI is InChI=1S/C24H26N4O4/c1-16-5-3-4-6-19(16)24(31)26-18-9-7-17(8-10-18)23-20(14-29)28(22(30)15-32-23)13-21-25-11-12-27(21)2/h3-12,20,23,29H,13-15H2,1-2H3,(H,26,31)/t20-,23-/m1/s1. The number of nitrogens with zero attached hydrogens (tertiary/aromatic N) is 3. The van der Waals surface area contributed by atoms with Gasteiger partial charge in [-0.2, -0.15) is 0 Å². The quantitative estimate of drug-likeness (QED) is 0.621. The number of aryl methyl sites for hydroxylation is 2. The van der Waals surface area contributed by atoms with Crippen LogP contribution in [0.25, 0.3) is 0 Å². The van der Waals surface area contributed by atoms with Crippen molar-refractivity contribution in [1.82, 2.24) is 14.5 Å². The molecule has 2 N–H and O–H groups in total.